The minimum Gasteiger partial charge on any atom is -0.336 e. The Bertz CT molecular complexity index is 529. The van der Waals surface area contributed by atoms with Crippen molar-refractivity contribution in [2.75, 3.05) is 6.54 Å². The van der Waals surface area contributed by atoms with Crippen LogP contribution in [0.5, 0.6) is 0 Å². The minimum absolute atomic E-state index is 0.0350. The third kappa shape index (κ3) is 2.28. The summed E-state index contributed by atoms with van der Waals surface area (Å²) in [5.74, 6) is 0. The average molecular weight is 261 g/mol. The molecule has 2 rings (SSSR count). The number of hydrogen-bond acceptors (Lipinski definition) is 3. The third-order valence-corrected chi connectivity index (χ3v) is 3.67. The van der Waals surface area contributed by atoms with Crippen LogP contribution in [0.1, 0.15) is 11.6 Å². The molecule has 0 spiro atoms. The van der Waals surface area contributed by atoms with Crippen molar-refractivity contribution in [3.8, 4) is 0 Å². The lowest BCUT2D eigenvalue weighted by molar-refractivity contribution is 0.247. The van der Waals surface area contributed by atoms with Gasteiger partial charge in [-0.05, 0) is 17.7 Å². The monoisotopic (exact) mass is 260 g/mol. The Morgan fingerprint density at radius 2 is 2.12 bits per heavy atom. The second-order valence-corrected chi connectivity index (χ2v) is 5.98. The van der Waals surface area contributed by atoms with Gasteiger partial charge in [-0.15, -0.1) is 0 Å². The number of benzene rings is 1. The molecule has 1 aliphatic heterocycles. The molecule has 0 aliphatic carbocycles. The highest BCUT2D eigenvalue weighted by atomic mass is 35.7. The summed E-state index contributed by atoms with van der Waals surface area (Å²) in [5.41, 5.74) is 0.708. The largest absolute Gasteiger partial charge is 0.336 e. The number of urea groups is 1. The van der Waals surface area contributed by atoms with Gasteiger partial charge in [0.25, 0.3) is 9.05 Å². The quantitative estimate of drug-likeness (QED) is 0.778. The Labute approximate surface area is 97.2 Å². The van der Waals surface area contributed by atoms with Gasteiger partial charge in [0.2, 0.25) is 0 Å². The van der Waals surface area contributed by atoms with Crippen molar-refractivity contribution in [3.05, 3.63) is 29.8 Å². The summed E-state index contributed by atoms with van der Waals surface area (Å²) in [6.45, 7) is 0.435. The maximum Gasteiger partial charge on any atom is 0.315 e. The van der Waals surface area contributed by atoms with Crippen molar-refractivity contribution in [2.45, 2.75) is 10.9 Å². The van der Waals surface area contributed by atoms with E-state index >= 15 is 0 Å². The number of halogens is 1. The van der Waals surface area contributed by atoms with Crippen molar-refractivity contribution in [3.63, 3.8) is 0 Å². The Morgan fingerprint density at radius 1 is 1.38 bits per heavy atom. The molecule has 0 bridgehead atoms. The van der Waals surface area contributed by atoms with Crippen LogP contribution in [-0.2, 0) is 9.05 Å². The fraction of sp³-hybridized carbons (Fsp3) is 0.222. The predicted molar refractivity (Wildman–Crippen MR) is 58.8 cm³/mol. The molecule has 5 nitrogen and oxygen atoms in total. The van der Waals surface area contributed by atoms with Crippen LogP contribution in [0.25, 0.3) is 0 Å². The molecule has 1 aliphatic rings. The van der Waals surface area contributed by atoms with Gasteiger partial charge in [-0.2, -0.15) is 0 Å². The molecule has 86 valence electrons. The molecule has 1 saturated heterocycles. The highest BCUT2D eigenvalue weighted by Gasteiger charge is 2.22. The van der Waals surface area contributed by atoms with Crippen molar-refractivity contribution in [2.24, 2.45) is 0 Å². The number of hydrogen-bond donors (Lipinski definition) is 2. The van der Waals surface area contributed by atoms with Crippen LogP contribution in [0.2, 0.25) is 0 Å². The van der Waals surface area contributed by atoms with Crippen LogP contribution >= 0.6 is 10.7 Å². The van der Waals surface area contributed by atoms with Crippen LogP contribution < -0.4 is 10.6 Å². The Hall–Kier alpha value is -1.27. The molecule has 1 atom stereocenters. The Kier molecular flexibility index (Phi) is 2.77. The Balaban J connectivity index is 2.33. The van der Waals surface area contributed by atoms with Gasteiger partial charge in [-0.3, -0.25) is 0 Å². The summed E-state index contributed by atoms with van der Waals surface area (Å²) < 4.78 is 22.3. The van der Waals surface area contributed by atoms with Gasteiger partial charge in [0.15, 0.2) is 0 Å². The van der Waals surface area contributed by atoms with Crippen LogP contribution in [0.4, 0.5) is 4.79 Å². The molecule has 2 amide bonds. The first kappa shape index (κ1) is 11.2. The molecule has 1 unspecified atom stereocenters. The van der Waals surface area contributed by atoms with Gasteiger partial charge in [-0.25, -0.2) is 13.2 Å². The van der Waals surface area contributed by atoms with E-state index in [0.29, 0.717) is 12.1 Å². The van der Waals surface area contributed by atoms with Crippen LogP contribution in [0.3, 0.4) is 0 Å². The molecule has 1 aromatic carbocycles. The number of nitrogens with one attached hydrogen (secondary N) is 2. The first-order valence-corrected chi connectivity index (χ1v) is 6.87. The molecule has 2 N–H and O–H groups in total. The van der Waals surface area contributed by atoms with E-state index in [0.717, 1.165) is 0 Å². The zero-order valence-corrected chi connectivity index (χ0v) is 9.68. The number of carbonyl (C=O) groups excluding carboxylic acids is 1. The molecule has 7 heteroatoms. The summed E-state index contributed by atoms with van der Waals surface area (Å²) in [4.78, 5) is 11.0. The van der Waals surface area contributed by atoms with E-state index in [1.165, 1.54) is 12.1 Å². The first-order valence-electron chi connectivity index (χ1n) is 4.56. The summed E-state index contributed by atoms with van der Waals surface area (Å²) in [6.07, 6.45) is 0. The molecular weight excluding hydrogens is 252 g/mol. The summed E-state index contributed by atoms with van der Waals surface area (Å²) in [5, 5.41) is 5.25. The zero-order valence-electron chi connectivity index (χ0n) is 8.10. The second-order valence-electron chi connectivity index (χ2n) is 3.42. The fourth-order valence-electron chi connectivity index (χ4n) is 1.54. The van der Waals surface area contributed by atoms with Gasteiger partial charge >= 0.3 is 6.03 Å². The summed E-state index contributed by atoms with van der Waals surface area (Å²) in [6, 6.07) is 5.73. The van der Waals surface area contributed by atoms with Crippen molar-refractivity contribution in [1.82, 2.24) is 10.6 Å². The van der Waals surface area contributed by atoms with Gasteiger partial charge < -0.3 is 10.6 Å². The lowest BCUT2D eigenvalue weighted by Gasteiger charge is -2.09. The van der Waals surface area contributed by atoms with Gasteiger partial charge in [-0.1, -0.05) is 12.1 Å². The maximum atomic E-state index is 11.1. The summed E-state index contributed by atoms with van der Waals surface area (Å²) >= 11 is 0. The number of amides is 2. The molecule has 0 radical (unpaired) electrons. The van der Waals surface area contributed by atoms with Crippen LogP contribution in [0.15, 0.2) is 29.2 Å². The van der Waals surface area contributed by atoms with E-state index in [4.69, 9.17) is 10.7 Å². The van der Waals surface area contributed by atoms with Gasteiger partial charge in [0.1, 0.15) is 0 Å². The van der Waals surface area contributed by atoms with E-state index in [9.17, 15) is 13.2 Å². The van der Waals surface area contributed by atoms with Crippen LogP contribution in [-0.4, -0.2) is 21.0 Å². The lowest BCUT2D eigenvalue weighted by atomic mass is 10.1. The first-order chi connectivity index (χ1) is 7.47. The van der Waals surface area contributed by atoms with E-state index in [1.807, 2.05) is 0 Å². The van der Waals surface area contributed by atoms with E-state index in [-0.39, 0.29) is 17.0 Å². The fourth-order valence-corrected chi connectivity index (χ4v) is 2.35. The lowest BCUT2D eigenvalue weighted by Crippen LogP contribution is -2.21. The standard InChI is InChI=1S/C9H9ClN2O3S/c10-16(14,15)7-3-1-2-6(4-7)8-5-11-9(13)12-8/h1-4,8H,5H2,(H2,11,12,13). The number of carbonyl (C=O) groups is 1. The zero-order chi connectivity index (χ0) is 11.8. The molecule has 1 fully saturated rings. The highest BCUT2D eigenvalue weighted by molar-refractivity contribution is 8.13. The van der Waals surface area contributed by atoms with E-state index in [2.05, 4.69) is 10.6 Å². The van der Waals surface area contributed by atoms with Crippen molar-refractivity contribution < 1.29 is 13.2 Å². The minimum atomic E-state index is -3.73. The highest BCUT2D eigenvalue weighted by Crippen LogP contribution is 2.21. The molecule has 1 aromatic rings. The summed E-state index contributed by atoms with van der Waals surface area (Å²) in [7, 11) is 1.51. The normalized spacial score (nSPS) is 20.3. The predicted octanol–water partition coefficient (Wildman–Crippen LogP) is 0.968. The van der Waals surface area contributed by atoms with Gasteiger partial charge in [0, 0.05) is 17.2 Å². The number of rotatable bonds is 2. The molecular formula is C9H9ClN2O3S. The average Bonchev–Trinajstić information content (AvgIpc) is 2.64. The van der Waals surface area contributed by atoms with Crippen molar-refractivity contribution in [1.29, 1.82) is 0 Å². The Morgan fingerprint density at radius 3 is 2.69 bits per heavy atom. The smallest absolute Gasteiger partial charge is 0.315 e. The SMILES string of the molecule is O=C1NCC(c2cccc(S(=O)(=O)Cl)c2)N1. The second kappa shape index (κ2) is 3.95. The molecule has 0 aromatic heterocycles. The van der Waals surface area contributed by atoms with Crippen LogP contribution in [0, 0.1) is 0 Å². The molecule has 1 heterocycles. The van der Waals surface area contributed by atoms with Crippen molar-refractivity contribution >= 4 is 25.8 Å². The third-order valence-electron chi connectivity index (χ3n) is 2.31. The van der Waals surface area contributed by atoms with E-state index < -0.39 is 9.05 Å². The molecule has 16 heavy (non-hydrogen) atoms. The van der Waals surface area contributed by atoms with E-state index in [1.54, 1.807) is 12.1 Å². The topological polar surface area (TPSA) is 75.3 Å². The molecule has 0 saturated carbocycles. The maximum absolute atomic E-state index is 11.1. The van der Waals surface area contributed by atoms with Gasteiger partial charge in [0.05, 0.1) is 10.9 Å².